The molecule has 21 heavy (non-hydrogen) atoms. The van der Waals surface area contributed by atoms with Crippen LogP contribution in [0.15, 0.2) is 23.1 Å². The number of nitrogens with two attached hydrogens (primary N) is 1. The lowest BCUT2D eigenvalue weighted by Gasteiger charge is -2.14. The maximum Gasteiger partial charge on any atom is 0.337 e. The van der Waals surface area contributed by atoms with E-state index in [4.69, 9.17) is 5.14 Å². The summed E-state index contributed by atoms with van der Waals surface area (Å²) < 4.78 is 22.6. The van der Waals surface area contributed by atoms with E-state index in [0.717, 1.165) is 18.9 Å². The van der Waals surface area contributed by atoms with Crippen LogP contribution in [-0.4, -0.2) is 26.0 Å². The summed E-state index contributed by atoms with van der Waals surface area (Å²) in [5, 5.41) is 17.4. The van der Waals surface area contributed by atoms with Crippen molar-refractivity contribution in [2.75, 3.05) is 11.9 Å². The van der Waals surface area contributed by atoms with Crippen LogP contribution in [0.2, 0.25) is 0 Å². The predicted octanol–water partition coefficient (Wildman–Crippen LogP) is 1.88. The fourth-order valence-corrected chi connectivity index (χ4v) is 3.34. The van der Waals surface area contributed by atoms with Gasteiger partial charge in [0.1, 0.15) is 0 Å². The van der Waals surface area contributed by atoms with Crippen molar-refractivity contribution in [2.24, 2.45) is 17.0 Å². The minimum Gasteiger partial charge on any atom is -0.478 e. The van der Waals surface area contributed by atoms with Crippen molar-refractivity contribution in [3.05, 3.63) is 23.8 Å². The fraction of sp³-hybridized carbons (Fsp3) is 0.500. The maximum absolute atomic E-state index is 11.3. The molecule has 2 rings (SSSR count). The normalized spacial score (nSPS) is 22.2. The Morgan fingerprint density at radius 1 is 1.43 bits per heavy atom. The van der Waals surface area contributed by atoms with Crippen LogP contribution in [0.5, 0.6) is 0 Å². The number of carboxylic acid groups (broad SMARTS) is 1. The molecule has 1 aliphatic carbocycles. The highest BCUT2D eigenvalue weighted by atomic mass is 32.2. The van der Waals surface area contributed by atoms with Crippen molar-refractivity contribution in [3.8, 4) is 0 Å². The Balaban J connectivity index is 2.17. The van der Waals surface area contributed by atoms with E-state index in [0.29, 0.717) is 24.1 Å². The van der Waals surface area contributed by atoms with Gasteiger partial charge in [-0.1, -0.05) is 13.3 Å². The molecule has 1 saturated carbocycles. The molecule has 0 spiro atoms. The van der Waals surface area contributed by atoms with Gasteiger partial charge in [0, 0.05) is 12.2 Å². The molecule has 2 atom stereocenters. The SMILES string of the molecule is CC1CCC(CNc2ccc(S(N)(=O)=O)cc2C(=O)O)C1. The highest BCUT2D eigenvalue weighted by molar-refractivity contribution is 7.89. The van der Waals surface area contributed by atoms with Crippen molar-refractivity contribution < 1.29 is 18.3 Å². The molecule has 1 aromatic carbocycles. The fourth-order valence-electron chi connectivity index (χ4n) is 2.80. The summed E-state index contributed by atoms with van der Waals surface area (Å²) in [4.78, 5) is 11.1. The number of benzene rings is 1. The van der Waals surface area contributed by atoms with Crippen LogP contribution < -0.4 is 10.5 Å². The summed E-state index contributed by atoms with van der Waals surface area (Å²) in [6.45, 7) is 2.91. The van der Waals surface area contributed by atoms with E-state index < -0.39 is 16.0 Å². The first-order chi connectivity index (χ1) is 9.77. The molecule has 0 radical (unpaired) electrons. The molecule has 2 unspecified atom stereocenters. The third-order valence-corrected chi connectivity index (χ3v) is 4.85. The number of hydrogen-bond donors (Lipinski definition) is 3. The zero-order valence-corrected chi connectivity index (χ0v) is 12.7. The summed E-state index contributed by atoms with van der Waals surface area (Å²) >= 11 is 0. The zero-order chi connectivity index (χ0) is 15.6. The lowest BCUT2D eigenvalue weighted by Crippen LogP contribution is -2.16. The second-order valence-corrected chi connectivity index (χ2v) is 7.28. The maximum atomic E-state index is 11.3. The third-order valence-electron chi connectivity index (χ3n) is 3.93. The Labute approximate surface area is 124 Å². The average Bonchev–Trinajstić information content (AvgIpc) is 2.80. The summed E-state index contributed by atoms with van der Waals surface area (Å²) in [6.07, 6.45) is 3.46. The molecule has 116 valence electrons. The van der Waals surface area contributed by atoms with E-state index in [1.807, 2.05) is 0 Å². The Hall–Kier alpha value is -1.60. The van der Waals surface area contributed by atoms with Crippen molar-refractivity contribution in [3.63, 3.8) is 0 Å². The molecule has 1 aliphatic rings. The minimum absolute atomic E-state index is 0.0763. The number of carboxylic acids is 1. The molecule has 0 amide bonds. The average molecular weight is 312 g/mol. The molecule has 7 heteroatoms. The highest BCUT2D eigenvalue weighted by Crippen LogP contribution is 2.31. The number of primary sulfonamides is 1. The van der Waals surface area contributed by atoms with Gasteiger partial charge >= 0.3 is 5.97 Å². The van der Waals surface area contributed by atoms with Crippen LogP contribution in [0.3, 0.4) is 0 Å². The van der Waals surface area contributed by atoms with Crippen LogP contribution >= 0.6 is 0 Å². The minimum atomic E-state index is -3.90. The molecule has 0 heterocycles. The van der Waals surface area contributed by atoms with Gasteiger partial charge in [0.05, 0.1) is 10.5 Å². The topological polar surface area (TPSA) is 109 Å². The monoisotopic (exact) mass is 312 g/mol. The van der Waals surface area contributed by atoms with Gasteiger partial charge in [0.15, 0.2) is 0 Å². The van der Waals surface area contributed by atoms with Gasteiger partial charge < -0.3 is 10.4 Å². The molecule has 0 saturated heterocycles. The highest BCUT2D eigenvalue weighted by Gasteiger charge is 2.22. The summed E-state index contributed by atoms with van der Waals surface area (Å²) in [6, 6.07) is 3.88. The van der Waals surface area contributed by atoms with Gasteiger partial charge in [0.25, 0.3) is 0 Å². The van der Waals surface area contributed by atoms with Crippen LogP contribution in [-0.2, 0) is 10.0 Å². The first-order valence-electron chi connectivity index (χ1n) is 6.91. The summed E-state index contributed by atoms with van der Waals surface area (Å²) in [7, 11) is -3.90. The van der Waals surface area contributed by atoms with E-state index >= 15 is 0 Å². The molecular formula is C14H20N2O4S. The number of aromatic carboxylic acids is 1. The number of nitrogens with one attached hydrogen (secondary N) is 1. The van der Waals surface area contributed by atoms with E-state index in [2.05, 4.69) is 12.2 Å². The van der Waals surface area contributed by atoms with Gasteiger partial charge in [0.2, 0.25) is 10.0 Å². The largest absolute Gasteiger partial charge is 0.478 e. The predicted molar refractivity (Wildman–Crippen MR) is 79.8 cm³/mol. The molecule has 0 aliphatic heterocycles. The van der Waals surface area contributed by atoms with Gasteiger partial charge in [-0.25, -0.2) is 18.4 Å². The van der Waals surface area contributed by atoms with Crippen molar-refractivity contribution in [1.82, 2.24) is 0 Å². The Kier molecular flexibility index (Phi) is 4.53. The van der Waals surface area contributed by atoms with Gasteiger partial charge in [-0.3, -0.25) is 0 Å². The molecular weight excluding hydrogens is 292 g/mol. The lowest BCUT2D eigenvalue weighted by molar-refractivity contribution is 0.0697. The van der Waals surface area contributed by atoms with Crippen molar-refractivity contribution in [2.45, 2.75) is 31.1 Å². The van der Waals surface area contributed by atoms with E-state index in [1.54, 1.807) is 0 Å². The molecule has 0 bridgehead atoms. The quantitative estimate of drug-likeness (QED) is 0.769. The molecule has 4 N–H and O–H groups in total. The van der Waals surface area contributed by atoms with Crippen molar-refractivity contribution >= 4 is 21.7 Å². The second kappa shape index (κ2) is 6.03. The third kappa shape index (κ3) is 3.95. The summed E-state index contributed by atoms with van der Waals surface area (Å²) in [5.74, 6) is 0.0582. The second-order valence-electron chi connectivity index (χ2n) is 5.72. The Morgan fingerprint density at radius 2 is 2.14 bits per heavy atom. The number of anilines is 1. The molecule has 0 aromatic heterocycles. The smallest absolute Gasteiger partial charge is 0.337 e. The van der Waals surface area contributed by atoms with E-state index in [-0.39, 0.29) is 10.5 Å². The van der Waals surface area contributed by atoms with E-state index in [1.165, 1.54) is 18.6 Å². The van der Waals surface area contributed by atoms with Crippen LogP contribution in [0.25, 0.3) is 0 Å². The first kappa shape index (κ1) is 15.8. The number of hydrogen-bond acceptors (Lipinski definition) is 4. The zero-order valence-electron chi connectivity index (χ0n) is 11.9. The number of carbonyl (C=O) groups is 1. The number of sulfonamides is 1. The van der Waals surface area contributed by atoms with Crippen LogP contribution in [0.1, 0.15) is 36.5 Å². The van der Waals surface area contributed by atoms with Gasteiger partial charge in [-0.05, 0) is 42.9 Å². The van der Waals surface area contributed by atoms with Crippen LogP contribution in [0, 0.1) is 11.8 Å². The molecule has 1 fully saturated rings. The lowest BCUT2D eigenvalue weighted by atomic mass is 10.1. The number of rotatable bonds is 5. The van der Waals surface area contributed by atoms with Crippen molar-refractivity contribution in [1.29, 1.82) is 0 Å². The first-order valence-corrected chi connectivity index (χ1v) is 8.46. The van der Waals surface area contributed by atoms with Gasteiger partial charge in [-0.15, -0.1) is 0 Å². The van der Waals surface area contributed by atoms with Crippen LogP contribution in [0.4, 0.5) is 5.69 Å². The van der Waals surface area contributed by atoms with Gasteiger partial charge in [-0.2, -0.15) is 0 Å². The molecule has 1 aromatic rings. The Bertz CT molecular complexity index is 642. The standard InChI is InChI=1S/C14H20N2O4S/c1-9-2-3-10(6-9)8-16-13-5-4-11(21(15,19)20)7-12(13)14(17)18/h4-5,7,9-10,16H,2-3,6,8H2,1H3,(H,17,18)(H2,15,19,20). The Morgan fingerprint density at radius 3 is 2.67 bits per heavy atom. The van der Waals surface area contributed by atoms with E-state index in [9.17, 15) is 18.3 Å². The summed E-state index contributed by atoms with van der Waals surface area (Å²) in [5.41, 5.74) is 0.349. The molecule has 6 nitrogen and oxygen atoms in total.